The summed E-state index contributed by atoms with van der Waals surface area (Å²) in [6.07, 6.45) is 4.55. The lowest BCUT2D eigenvalue weighted by molar-refractivity contribution is 0.517. The Morgan fingerprint density at radius 1 is 1.06 bits per heavy atom. The van der Waals surface area contributed by atoms with Crippen molar-refractivity contribution in [2.75, 3.05) is 0 Å². The van der Waals surface area contributed by atoms with E-state index in [0.717, 1.165) is 12.0 Å². The fourth-order valence-corrected chi connectivity index (χ4v) is 1.87. The van der Waals surface area contributed by atoms with Crippen LogP contribution in [-0.2, 0) is 6.42 Å². The minimum atomic E-state index is -0.157. The molecule has 0 radical (unpaired) electrons. The van der Waals surface area contributed by atoms with Crippen LogP contribution in [0.2, 0.25) is 0 Å². The Hall–Kier alpha value is -1.67. The number of rotatable bonds is 3. The summed E-state index contributed by atoms with van der Waals surface area (Å²) < 4.78 is 0. The third-order valence-electron chi connectivity index (χ3n) is 2.61. The van der Waals surface area contributed by atoms with Gasteiger partial charge in [-0.15, -0.1) is 0 Å². The number of nitrogens with zero attached hydrogens (tertiary/aromatic N) is 1. The second kappa shape index (κ2) is 4.68. The molecule has 88 valence electrons. The first-order valence-corrected chi connectivity index (χ1v) is 5.83. The zero-order valence-electron chi connectivity index (χ0n) is 10.4. The molecule has 2 rings (SSSR count). The van der Waals surface area contributed by atoms with Crippen LogP contribution in [0.15, 0.2) is 48.8 Å². The van der Waals surface area contributed by atoms with Crippen molar-refractivity contribution in [1.82, 2.24) is 4.98 Å². The highest BCUT2D eigenvalue weighted by atomic mass is 14.7. The highest BCUT2D eigenvalue weighted by molar-refractivity contribution is 5.62. The van der Waals surface area contributed by atoms with E-state index in [9.17, 15) is 0 Å². The second-order valence-corrected chi connectivity index (χ2v) is 5.10. The molecule has 2 aromatic rings. The van der Waals surface area contributed by atoms with Gasteiger partial charge in [0.05, 0.1) is 0 Å². The average molecular weight is 226 g/mol. The van der Waals surface area contributed by atoms with Crippen LogP contribution in [0.1, 0.15) is 19.4 Å². The van der Waals surface area contributed by atoms with Gasteiger partial charge in [0.25, 0.3) is 0 Å². The van der Waals surface area contributed by atoms with Gasteiger partial charge in [-0.25, -0.2) is 0 Å². The molecule has 17 heavy (non-hydrogen) atoms. The molecule has 0 amide bonds. The molecule has 0 atom stereocenters. The third kappa shape index (κ3) is 3.40. The van der Waals surface area contributed by atoms with Crippen LogP contribution in [0.4, 0.5) is 0 Å². The molecule has 2 nitrogen and oxygen atoms in total. The molecule has 0 saturated carbocycles. The summed E-state index contributed by atoms with van der Waals surface area (Å²) in [6.45, 7) is 4.09. The Morgan fingerprint density at radius 3 is 2.29 bits per heavy atom. The van der Waals surface area contributed by atoms with Gasteiger partial charge in [0.15, 0.2) is 0 Å². The van der Waals surface area contributed by atoms with Gasteiger partial charge in [-0.2, -0.15) is 0 Å². The van der Waals surface area contributed by atoms with Gasteiger partial charge in [0.2, 0.25) is 0 Å². The summed E-state index contributed by atoms with van der Waals surface area (Å²) in [5.74, 6) is 0. The maximum atomic E-state index is 6.01. The van der Waals surface area contributed by atoms with Crippen LogP contribution in [0.5, 0.6) is 0 Å². The van der Waals surface area contributed by atoms with E-state index in [1.807, 2.05) is 26.1 Å². The van der Waals surface area contributed by atoms with Crippen molar-refractivity contribution in [3.8, 4) is 11.1 Å². The highest BCUT2D eigenvalue weighted by Crippen LogP contribution is 2.19. The van der Waals surface area contributed by atoms with Crippen molar-refractivity contribution in [3.63, 3.8) is 0 Å². The fourth-order valence-electron chi connectivity index (χ4n) is 1.87. The van der Waals surface area contributed by atoms with Crippen LogP contribution in [-0.4, -0.2) is 10.5 Å². The third-order valence-corrected chi connectivity index (χ3v) is 2.61. The molecule has 0 aliphatic rings. The molecule has 0 fully saturated rings. The average Bonchev–Trinajstić information content (AvgIpc) is 2.29. The predicted octanol–water partition coefficient (Wildman–Crippen LogP) is 3.03. The minimum absolute atomic E-state index is 0.157. The zero-order chi connectivity index (χ0) is 12.3. The SMILES string of the molecule is CC(C)(N)Cc1ccc(-c2cccnc2)cc1. The van der Waals surface area contributed by atoms with Crippen molar-refractivity contribution in [1.29, 1.82) is 0 Å². The summed E-state index contributed by atoms with van der Waals surface area (Å²) in [4.78, 5) is 4.12. The molecular formula is C15H18N2. The molecule has 0 unspecified atom stereocenters. The maximum Gasteiger partial charge on any atom is 0.0346 e. The van der Waals surface area contributed by atoms with E-state index in [1.54, 1.807) is 6.20 Å². The summed E-state index contributed by atoms with van der Waals surface area (Å²) in [6, 6.07) is 12.5. The maximum absolute atomic E-state index is 6.01. The fraction of sp³-hybridized carbons (Fsp3) is 0.267. The standard InChI is InChI=1S/C15H18N2/c1-15(2,16)10-12-5-7-13(8-6-12)14-4-3-9-17-11-14/h3-9,11H,10,16H2,1-2H3. The number of pyridine rings is 1. The van der Waals surface area contributed by atoms with Crippen LogP contribution in [0.25, 0.3) is 11.1 Å². The molecule has 0 bridgehead atoms. The number of benzene rings is 1. The number of nitrogens with two attached hydrogens (primary N) is 1. The highest BCUT2D eigenvalue weighted by Gasteiger charge is 2.11. The lowest BCUT2D eigenvalue weighted by Crippen LogP contribution is -2.34. The topological polar surface area (TPSA) is 38.9 Å². The normalized spacial score (nSPS) is 11.5. The van der Waals surface area contributed by atoms with Crippen LogP contribution >= 0.6 is 0 Å². The molecule has 2 N–H and O–H groups in total. The predicted molar refractivity (Wildman–Crippen MR) is 71.6 cm³/mol. The number of aromatic nitrogens is 1. The largest absolute Gasteiger partial charge is 0.325 e. The van der Waals surface area contributed by atoms with Crippen LogP contribution in [0.3, 0.4) is 0 Å². The molecule has 2 heteroatoms. The van der Waals surface area contributed by atoms with Crippen LogP contribution < -0.4 is 5.73 Å². The first-order valence-electron chi connectivity index (χ1n) is 5.83. The van der Waals surface area contributed by atoms with Crippen molar-refractivity contribution < 1.29 is 0 Å². The summed E-state index contributed by atoms with van der Waals surface area (Å²) in [5.41, 5.74) is 9.45. The molecule has 0 aliphatic carbocycles. The summed E-state index contributed by atoms with van der Waals surface area (Å²) in [5, 5.41) is 0. The molecule has 1 heterocycles. The Kier molecular flexibility index (Phi) is 3.25. The summed E-state index contributed by atoms with van der Waals surface area (Å²) in [7, 11) is 0. The van der Waals surface area contributed by atoms with Gasteiger partial charge < -0.3 is 5.73 Å². The molecule has 1 aromatic carbocycles. The quantitative estimate of drug-likeness (QED) is 0.873. The van der Waals surface area contributed by atoms with Crippen molar-refractivity contribution in [2.24, 2.45) is 5.73 Å². The molecule has 1 aromatic heterocycles. The molecule has 0 aliphatic heterocycles. The van der Waals surface area contributed by atoms with E-state index < -0.39 is 0 Å². The zero-order valence-corrected chi connectivity index (χ0v) is 10.4. The Morgan fingerprint density at radius 2 is 1.76 bits per heavy atom. The van der Waals surface area contributed by atoms with E-state index in [4.69, 9.17) is 5.73 Å². The van der Waals surface area contributed by atoms with Crippen molar-refractivity contribution in [2.45, 2.75) is 25.8 Å². The molecule has 0 spiro atoms. The Balaban J connectivity index is 2.19. The van der Waals surface area contributed by atoms with E-state index in [2.05, 4.69) is 35.3 Å². The summed E-state index contributed by atoms with van der Waals surface area (Å²) >= 11 is 0. The van der Waals surface area contributed by atoms with Crippen LogP contribution in [0, 0.1) is 0 Å². The first kappa shape index (κ1) is 11.8. The van der Waals surface area contributed by atoms with Gasteiger partial charge in [0, 0.05) is 17.9 Å². The Bertz CT molecular complexity index is 467. The smallest absolute Gasteiger partial charge is 0.0346 e. The van der Waals surface area contributed by atoms with E-state index in [1.165, 1.54) is 11.1 Å². The van der Waals surface area contributed by atoms with Gasteiger partial charge in [-0.05, 0) is 43.0 Å². The van der Waals surface area contributed by atoms with E-state index >= 15 is 0 Å². The van der Waals surface area contributed by atoms with Gasteiger partial charge >= 0.3 is 0 Å². The van der Waals surface area contributed by atoms with Gasteiger partial charge in [-0.1, -0.05) is 30.3 Å². The second-order valence-electron chi connectivity index (χ2n) is 5.10. The monoisotopic (exact) mass is 226 g/mol. The van der Waals surface area contributed by atoms with Gasteiger partial charge in [-0.3, -0.25) is 4.98 Å². The lowest BCUT2D eigenvalue weighted by Gasteiger charge is -2.18. The first-order chi connectivity index (χ1) is 8.04. The van der Waals surface area contributed by atoms with Crippen molar-refractivity contribution >= 4 is 0 Å². The molecular weight excluding hydrogens is 208 g/mol. The number of hydrogen-bond acceptors (Lipinski definition) is 2. The lowest BCUT2D eigenvalue weighted by atomic mass is 9.95. The van der Waals surface area contributed by atoms with Crippen molar-refractivity contribution in [3.05, 3.63) is 54.4 Å². The number of hydrogen-bond donors (Lipinski definition) is 1. The van der Waals surface area contributed by atoms with Gasteiger partial charge in [0.1, 0.15) is 0 Å². The molecule has 0 saturated heterocycles. The minimum Gasteiger partial charge on any atom is -0.325 e. The van der Waals surface area contributed by atoms with E-state index in [0.29, 0.717) is 0 Å². The van der Waals surface area contributed by atoms with E-state index in [-0.39, 0.29) is 5.54 Å². The Labute approximate surface area is 103 Å².